The molecule has 2 aromatic rings. The molecule has 1 saturated heterocycles. The monoisotopic (exact) mass is 447 g/mol. The molecule has 3 rings (SSSR count). The van der Waals surface area contributed by atoms with Crippen molar-refractivity contribution < 1.29 is 9.59 Å². The molecule has 1 aliphatic heterocycles. The third-order valence-corrected chi connectivity index (χ3v) is 6.12. The highest BCUT2D eigenvalue weighted by Crippen LogP contribution is 2.32. The molecule has 0 bridgehead atoms. The summed E-state index contributed by atoms with van der Waals surface area (Å²) in [5.74, 6) is 0.425. The van der Waals surface area contributed by atoms with Crippen molar-refractivity contribution in [1.82, 2.24) is 15.5 Å². The first-order chi connectivity index (χ1) is 15.9. The highest BCUT2D eigenvalue weighted by atomic mass is 16.2. The number of carbonyl (C=O) groups excluding carboxylic acids is 2. The zero-order valence-electron chi connectivity index (χ0n) is 20.4. The van der Waals surface area contributed by atoms with Crippen molar-refractivity contribution in [3.8, 4) is 0 Å². The largest absolute Gasteiger partial charge is 0.352 e. The van der Waals surface area contributed by atoms with Crippen LogP contribution < -0.4 is 10.6 Å². The summed E-state index contributed by atoms with van der Waals surface area (Å²) in [6.45, 7) is 12.1. The highest BCUT2D eigenvalue weighted by Gasteiger charge is 2.18. The van der Waals surface area contributed by atoms with Crippen LogP contribution >= 0.6 is 0 Å². The lowest BCUT2D eigenvalue weighted by Crippen LogP contribution is -2.30. The number of hydrogen-bond acceptors (Lipinski definition) is 3. The Hall–Kier alpha value is -2.92. The van der Waals surface area contributed by atoms with E-state index in [9.17, 15) is 9.59 Å². The average molecular weight is 448 g/mol. The van der Waals surface area contributed by atoms with Gasteiger partial charge in [0.25, 0.3) is 11.8 Å². The summed E-state index contributed by atoms with van der Waals surface area (Å²) >= 11 is 0. The van der Waals surface area contributed by atoms with Crippen molar-refractivity contribution >= 4 is 17.4 Å². The molecule has 1 heterocycles. The van der Waals surface area contributed by atoms with E-state index in [-0.39, 0.29) is 11.8 Å². The van der Waals surface area contributed by atoms with Gasteiger partial charge >= 0.3 is 0 Å². The van der Waals surface area contributed by atoms with Gasteiger partial charge in [0.1, 0.15) is 0 Å². The minimum absolute atomic E-state index is 0.0413. The Balaban J connectivity index is 1.97. The number of nitrogens with zero attached hydrogens (tertiary/aromatic N) is 1. The van der Waals surface area contributed by atoms with Crippen LogP contribution in [0.4, 0.5) is 0 Å². The molecule has 0 aromatic heterocycles. The Morgan fingerprint density at radius 3 is 2.12 bits per heavy atom. The maximum atomic E-state index is 12.7. The van der Waals surface area contributed by atoms with E-state index < -0.39 is 0 Å². The lowest BCUT2D eigenvalue weighted by atomic mass is 9.87. The fraction of sp³-hybridized carbons (Fsp3) is 0.429. The lowest BCUT2D eigenvalue weighted by Gasteiger charge is -2.22. The molecule has 0 radical (unpaired) electrons. The predicted octanol–water partition coefficient (Wildman–Crippen LogP) is 4.74. The molecule has 1 aliphatic rings. The van der Waals surface area contributed by atoms with Gasteiger partial charge in [-0.05, 0) is 86.7 Å². The fourth-order valence-corrected chi connectivity index (χ4v) is 4.24. The molecule has 5 heteroatoms. The first-order valence-electron chi connectivity index (χ1n) is 12.2. The number of benzene rings is 2. The van der Waals surface area contributed by atoms with E-state index in [0.717, 1.165) is 37.1 Å². The molecule has 2 N–H and O–H groups in total. The molecule has 176 valence electrons. The van der Waals surface area contributed by atoms with Gasteiger partial charge in [-0.15, -0.1) is 0 Å². The molecule has 0 unspecified atom stereocenters. The quantitative estimate of drug-likeness (QED) is 0.614. The van der Waals surface area contributed by atoms with Crippen LogP contribution in [0.25, 0.3) is 5.57 Å². The summed E-state index contributed by atoms with van der Waals surface area (Å²) in [5.41, 5.74) is 6.08. The highest BCUT2D eigenvalue weighted by molar-refractivity contribution is 5.97. The number of carbonyl (C=O) groups is 2. The number of piperidine rings is 1. The van der Waals surface area contributed by atoms with Crippen LogP contribution in [0.15, 0.2) is 54.1 Å². The maximum absolute atomic E-state index is 12.7. The Morgan fingerprint density at radius 2 is 1.52 bits per heavy atom. The molecule has 0 aliphatic carbocycles. The Kier molecular flexibility index (Phi) is 8.84. The molecule has 0 atom stereocenters. The van der Waals surface area contributed by atoms with Crippen molar-refractivity contribution in [1.29, 1.82) is 0 Å². The second-order valence-corrected chi connectivity index (χ2v) is 8.97. The smallest absolute Gasteiger partial charge is 0.253 e. The lowest BCUT2D eigenvalue weighted by molar-refractivity contribution is 0.0772. The Morgan fingerprint density at radius 1 is 0.909 bits per heavy atom. The van der Waals surface area contributed by atoms with Gasteiger partial charge in [0.15, 0.2) is 0 Å². The van der Waals surface area contributed by atoms with Gasteiger partial charge in [-0.1, -0.05) is 43.7 Å². The van der Waals surface area contributed by atoms with Crippen molar-refractivity contribution in [3.63, 3.8) is 0 Å². The molecule has 1 fully saturated rings. The second-order valence-electron chi connectivity index (χ2n) is 8.97. The van der Waals surface area contributed by atoms with Crippen molar-refractivity contribution in [2.24, 2.45) is 5.92 Å². The number of nitrogens with one attached hydrogen (secondary N) is 2. The van der Waals surface area contributed by atoms with Crippen LogP contribution in [-0.4, -0.2) is 49.4 Å². The summed E-state index contributed by atoms with van der Waals surface area (Å²) in [4.78, 5) is 27.3. The molecule has 0 spiro atoms. The molecular formula is C28H37N3O2. The van der Waals surface area contributed by atoms with E-state index in [1.807, 2.05) is 61.2 Å². The molecule has 0 saturated carbocycles. The normalized spacial score (nSPS) is 13.7. The first kappa shape index (κ1) is 24.7. The van der Waals surface area contributed by atoms with Crippen LogP contribution in [0, 0.1) is 5.92 Å². The maximum Gasteiger partial charge on any atom is 0.253 e. The van der Waals surface area contributed by atoms with E-state index in [1.54, 1.807) is 0 Å². The summed E-state index contributed by atoms with van der Waals surface area (Å²) in [5, 5.41) is 6.45. The van der Waals surface area contributed by atoms with Gasteiger partial charge in [-0.2, -0.15) is 0 Å². The van der Waals surface area contributed by atoms with Gasteiger partial charge < -0.3 is 15.5 Å². The van der Waals surface area contributed by atoms with Crippen LogP contribution in [0.5, 0.6) is 0 Å². The minimum Gasteiger partial charge on any atom is -0.352 e. The summed E-state index contributed by atoms with van der Waals surface area (Å²) < 4.78 is 0. The number of hydrogen-bond donors (Lipinski definition) is 2. The average Bonchev–Trinajstić information content (AvgIpc) is 2.84. The van der Waals surface area contributed by atoms with Crippen molar-refractivity contribution in [3.05, 3.63) is 76.4 Å². The van der Waals surface area contributed by atoms with Crippen LogP contribution in [0.2, 0.25) is 0 Å². The van der Waals surface area contributed by atoms with E-state index in [2.05, 4.69) is 30.5 Å². The van der Waals surface area contributed by atoms with E-state index in [0.29, 0.717) is 36.7 Å². The van der Waals surface area contributed by atoms with Gasteiger partial charge in [0, 0.05) is 30.8 Å². The summed E-state index contributed by atoms with van der Waals surface area (Å²) in [7, 11) is 0. The SMILES string of the molecule is CCN(CC)C(=O)c1ccc(C(=C2CCNCC2)c2cccc(C(=O)NCC(C)C)c2)cc1. The van der Waals surface area contributed by atoms with Gasteiger partial charge in [-0.3, -0.25) is 9.59 Å². The summed E-state index contributed by atoms with van der Waals surface area (Å²) in [6.07, 6.45) is 1.94. The van der Waals surface area contributed by atoms with E-state index >= 15 is 0 Å². The summed E-state index contributed by atoms with van der Waals surface area (Å²) in [6, 6.07) is 15.9. The second kappa shape index (κ2) is 11.8. The van der Waals surface area contributed by atoms with Crippen molar-refractivity contribution in [2.75, 3.05) is 32.7 Å². The van der Waals surface area contributed by atoms with Gasteiger partial charge in [-0.25, -0.2) is 0 Å². The van der Waals surface area contributed by atoms with Crippen molar-refractivity contribution in [2.45, 2.75) is 40.5 Å². The zero-order chi connectivity index (χ0) is 23.8. The van der Waals surface area contributed by atoms with E-state index in [4.69, 9.17) is 0 Å². The standard InChI is InChI=1S/C28H37N3O2/c1-5-31(6-2)28(33)23-12-10-21(11-13-23)26(22-14-16-29-17-15-22)24-8-7-9-25(18-24)27(32)30-19-20(3)4/h7-13,18,20,29H,5-6,14-17,19H2,1-4H3,(H,30,32). The Labute approximate surface area is 198 Å². The van der Waals surface area contributed by atoms with Gasteiger partial charge in [0.2, 0.25) is 0 Å². The van der Waals surface area contributed by atoms with Crippen LogP contribution in [0.1, 0.15) is 72.4 Å². The number of rotatable bonds is 8. The third-order valence-electron chi connectivity index (χ3n) is 6.12. The molecule has 2 amide bonds. The van der Waals surface area contributed by atoms with E-state index in [1.165, 1.54) is 11.1 Å². The topological polar surface area (TPSA) is 61.4 Å². The molecule has 2 aromatic carbocycles. The fourth-order valence-electron chi connectivity index (χ4n) is 4.24. The third kappa shape index (κ3) is 6.32. The van der Waals surface area contributed by atoms with Crippen LogP contribution in [0.3, 0.4) is 0 Å². The molecule has 5 nitrogen and oxygen atoms in total. The minimum atomic E-state index is -0.0413. The van der Waals surface area contributed by atoms with Gasteiger partial charge in [0.05, 0.1) is 0 Å². The Bertz CT molecular complexity index is 980. The predicted molar refractivity (Wildman–Crippen MR) is 135 cm³/mol. The molecule has 33 heavy (non-hydrogen) atoms. The molecular weight excluding hydrogens is 410 g/mol. The first-order valence-corrected chi connectivity index (χ1v) is 12.2. The van der Waals surface area contributed by atoms with Crippen LogP contribution in [-0.2, 0) is 0 Å². The number of amides is 2. The zero-order valence-corrected chi connectivity index (χ0v) is 20.4.